The number of hydrogen-bond donors (Lipinski definition) is 0. The fourth-order valence-corrected chi connectivity index (χ4v) is 6.36. The molecule has 4 heteroatoms. The first kappa shape index (κ1) is 23.8. The van der Waals surface area contributed by atoms with Crippen LogP contribution in [0.1, 0.15) is 5.56 Å². The van der Waals surface area contributed by atoms with Crippen LogP contribution in [-0.2, 0) is 0 Å². The zero-order chi connectivity index (χ0) is 28.2. The van der Waals surface area contributed by atoms with E-state index < -0.39 is 0 Å². The van der Waals surface area contributed by atoms with E-state index in [1.54, 1.807) is 12.1 Å². The summed E-state index contributed by atoms with van der Waals surface area (Å²) in [6.45, 7) is 7.71. The molecule has 8 aromatic rings. The molecule has 42 heavy (non-hydrogen) atoms. The molecule has 4 nitrogen and oxygen atoms in total. The van der Waals surface area contributed by atoms with Crippen LogP contribution >= 0.6 is 0 Å². The first-order valence-corrected chi connectivity index (χ1v) is 13.8. The van der Waals surface area contributed by atoms with Crippen molar-refractivity contribution < 1.29 is 0 Å². The summed E-state index contributed by atoms with van der Waals surface area (Å²) in [6, 6.07) is 47.9. The number of nitriles is 1. The standard InChI is InChI=1S/C38H22N4/c1-40-26-20-19-25(24-39)31(21-26)33-22-32-30-15-7-8-16-34(30)41(27-11-3-2-4-12-27)37(32)23-38(33)42-35-17-9-5-13-28(35)29-14-6-10-18-36(29)42/h2-23H. The van der Waals surface area contributed by atoms with Crippen molar-refractivity contribution in [1.29, 1.82) is 5.26 Å². The van der Waals surface area contributed by atoms with Crippen LogP contribution in [0.15, 0.2) is 133 Å². The lowest BCUT2D eigenvalue weighted by Crippen LogP contribution is -2.00. The SMILES string of the molecule is [C-]#[N+]c1ccc(C#N)c(-c2cc3c4ccccc4n(-c4ccccc4)c3cc2-n2c3ccccc3c3ccccc32)c1. The maximum atomic E-state index is 10.2. The number of nitrogens with zero attached hydrogens (tertiary/aromatic N) is 4. The number of rotatable bonds is 3. The molecule has 0 aliphatic carbocycles. The van der Waals surface area contributed by atoms with Crippen LogP contribution in [0.3, 0.4) is 0 Å². The van der Waals surface area contributed by atoms with E-state index in [9.17, 15) is 5.26 Å². The monoisotopic (exact) mass is 534 g/mol. The van der Waals surface area contributed by atoms with Crippen LogP contribution in [0.2, 0.25) is 0 Å². The van der Waals surface area contributed by atoms with Gasteiger partial charge in [-0.3, -0.25) is 0 Å². The zero-order valence-electron chi connectivity index (χ0n) is 22.5. The van der Waals surface area contributed by atoms with Crippen molar-refractivity contribution in [2.24, 2.45) is 0 Å². The maximum Gasteiger partial charge on any atom is 0.187 e. The summed E-state index contributed by atoms with van der Waals surface area (Å²) < 4.78 is 4.62. The molecule has 8 rings (SSSR count). The van der Waals surface area contributed by atoms with Crippen molar-refractivity contribution >= 4 is 49.3 Å². The van der Waals surface area contributed by atoms with Crippen molar-refractivity contribution in [3.63, 3.8) is 0 Å². The molecule has 0 aliphatic rings. The molecule has 0 saturated carbocycles. The van der Waals surface area contributed by atoms with E-state index in [-0.39, 0.29) is 0 Å². The lowest BCUT2D eigenvalue weighted by molar-refractivity contribution is 1.16. The summed E-state index contributed by atoms with van der Waals surface area (Å²) in [6.07, 6.45) is 0. The Labute approximate surface area is 242 Å². The van der Waals surface area contributed by atoms with Gasteiger partial charge in [0.15, 0.2) is 5.69 Å². The highest BCUT2D eigenvalue weighted by atomic mass is 15.0. The number of para-hydroxylation sites is 4. The van der Waals surface area contributed by atoms with Gasteiger partial charge in [0, 0.05) is 32.8 Å². The van der Waals surface area contributed by atoms with Gasteiger partial charge in [-0.05, 0) is 54.1 Å². The Hall–Kier alpha value is -6.10. The molecule has 0 bridgehead atoms. The molecule has 2 aromatic heterocycles. The average molecular weight is 535 g/mol. The predicted molar refractivity (Wildman–Crippen MR) is 172 cm³/mol. The van der Waals surface area contributed by atoms with E-state index in [1.165, 1.54) is 0 Å². The summed E-state index contributed by atoms with van der Waals surface area (Å²) in [5, 5.41) is 14.8. The van der Waals surface area contributed by atoms with Crippen molar-refractivity contribution in [1.82, 2.24) is 9.13 Å². The van der Waals surface area contributed by atoms with Gasteiger partial charge in [-0.25, -0.2) is 4.85 Å². The van der Waals surface area contributed by atoms with Crippen molar-refractivity contribution in [3.05, 3.63) is 150 Å². The Morgan fingerprint density at radius 3 is 1.71 bits per heavy atom. The van der Waals surface area contributed by atoms with E-state index in [0.29, 0.717) is 11.3 Å². The van der Waals surface area contributed by atoms with Crippen molar-refractivity contribution in [2.45, 2.75) is 0 Å². The second kappa shape index (κ2) is 9.24. The largest absolute Gasteiger partial charge is 0.309 e. The molecule has 2 heterocycles. The topological polar surface area (TPSA) is 38.0 Å². The van der Waals surface area contributed by atoms with E-state index in [4.69, 9.17) is 6.57 Å². The third kappa shape index (κ3) is 3.40. The minimum Gasteiger partial charge on any atom is -0.309 e. The number of fused-ring (bicyclic) bond motifs is 6. The van der Waals surface area contributed by atoms with Gasteiger partial charge in [0.2, 0.25) is 0 Å². The molecule has 0 saturated heterocycles. The smallest absolute Gasteiger partial charge is 0.187 e. The van der Waals surface area contributed by atoms with Gasteiger partial charge in [-0.1, -0.05) is 84.9 Å². The van der Waals surface area contributed by atoms with Gasteiger partial charge in [0.25, 0.3) is 0 Å². The third-order valence-electron chi connectivity index (χ3n) is 8.17. The van der Waals surface area contributed by atoms with Crippen LogP contribution in [0.4, 0.5) is 5.69 Å². The van der Waals surface area contributed by atoms with Crippen LogP contribution in [-0.4, -0.2) is 9.13 Å². The van der Waals surface area contributed by atoms with Gasteiger partial charge in [-0.15, -0.1) is 0 Å². The lowest BCUT2D eigenvalue weighted by atomic mass is 9.95. The molecule has 0 fully saturated rings. The molecule has 0 radical (unpaired) electrons. The van der Waals surface area contributed by atoms with E-state index in [0.717, 1.165) is 66.1 Å². The molecule has 194 valence electrons. The Morgan fingerprint density at radius 1 is 0.524 bits per heavy atom. The van der Waals surface area contributed by atoms with E-state index >= 15 is 0 Å². The van der Waals surface area contributed by atoms with Crippen molar-refractivity contribution in [2.75, 3.05) is 0 Å². The predicted octanol–water partition coefficient (Wildman–Crippen LogP) is 9.97. The van der Waals surface area contributed by atoms with E-state index in [1.807, 2.05) is 12.1 Å². The highest BCUT2D eigenvalue weighted by molar-refractivity contribution is 6.14. The Balaban J connectivity index is 1.61. The lowest BCUT2D eigenvalue weighted by Gasteiger charge is -2.17. The summed E-state index contributed by atoms with van der Waals surface area (Å²) in [4.78, 5) is 3.71. The van der Waals surface area contributed by atoms with Crippen LogP contribution in [0, 0.1) is 17.9 Å². The Bertz CT molecular complexity index is 2380. The minimum absolute atomic E-state index is 0.504. The molecule has 0 atom stereocenters. The molecule has 0 spiro atoms. The van der Waals surface area contributed by atoms with Crippen LogP contribution in [0.25, 0.3) is 71.0 Å². The van der Waals surface area contributed by atoms with E-state index in [2.05, 4.69) is 129 Å². The first-order chi connectivity index (χ1) is 20.8. The van der Waals surface area contributed by atoms with Gasteiger partial charge in [0.1, 0.15) is 0 Å². The maximum absolute atomic E-state index is 10.2. The molecular formula is C38H22N4. The van der Waals surface area contributed by atoms with Gasteiger partial charge < -0.3 is 9.13 Å². The molecule has 0 aliphatic heterocycles. The quantitative estimate of drug-likeness (QED) is 0.208. The number of benzene rings is 6. The number of aromatic nitrogens is 2. The normalized spacial score (nSPS) is 11.3. The minimum atomic E-state index is 0.504. The second-order valence-electron chi connectivity index (χ2n) is 10.4. The fourth-order valence-electron chi connectivity index (χ4n) is 6.36. The summed E-state index contributed by atoms with van der Waals surface area (Å²) in [5.41, 5.74) is 9.09. The molecule has 0 unspecified atom stereocenters. The average Bonchev–Trinajstić information content (AvgIpc) is 3.56. The molecular weight excluding hydrogens is 512 g/mol. The highest BCUT2D eigenvalue weighted by Gasteiger charge is 2.21. The molecule has 0 N–H and O–H groups in total. The summed E-state index contributed by atoms with van der Waals surface area (Å²) in [5.74, 6) is 0. The van der Waals surface area contributed by atoms with Gasteiger partial charge in [0.05, 0.1) is 46.0 Å². The van der Waals surface area contributed by atoms with Crippen LogP contribution < -0.4 is 0 Å². The molecule has 6 aromatic carbocycles. The van der Waals surface area contributed by atoms with Crippen LogP contribution in [0.5, 0.6) is 0 Å². The third-order valence-corrected chi connectivity index (χ3v) is 8.17. The van der Waals surface area contributed by atoms with Gasteiger partial charge >= 0.3 is 0 Å². The summed E-state index contributed by atoms with van der Waals surface area (Å²) >= 11 is 0. The first-order valence-electron chi connectivity index (χ1n) is 13.8. The highest BCUT2D eigenvalue weighted by Crippen LogP contribution is 2.42. The Kier molecular flexibility index (Phi) is 5.22. The number of hydrogen-bond acceptors (Lipinski definition) is 1. The molecule has 0 amide bonds. The fraction of sp³-hybridized carbons (Fsp3) is 0. The van der Waals surface area contributed by atoms with Gasteiger partial charge in [-0.2, -0.15) is 5.26 Å². The second-order valence-corrected chi connectivity index (χ2v) is 10.4. The van der Waals surface area contributed by atoms with Crippen molar-refractivity contribution in [3.8, 4) is 28.6 Å². The summed E-state index contributed by atoms with van der Waals surface area (Å²) in [7, 11) is 0. The Morgan fingerprint density at radius 2 is 1.10 bits per heavy atom. The zero-order valence-corrected chi connectivity index (χ0v) is 22.5.